The van der Waals surface area contributed by atoms with Gasteiger partial charge in [0.1, 0.15) is 6.10 Å². The van der Waals surface area contributed by atoms with Crippen LogP contribution in [0.3, 0.4) is 0 Å². The second-order valence-corrected chi connectivity index (χ2v) is 4.11. The lowest BCUT2D eigenvalue weighted by molar-refractivity contribution is -0.142. The summed E-state index contributed by atoms with van der Waals surface area (Å²) < 4.78 is 5.28. The fourth-order valence-corrected chi connectivity index (χ4v) is 2.14. The Balaban J connectivity index is 1.89. The largest absolute Gasteiger partial charge is 0.481 e. The predicted molar refractivity (Wildman–Crippen MR) is 51.3 cm³/mol. The van der Waals surface area contributed by atoms with Gasteiger partial charge in [0.2, 0.25) is 0 Å². The van der Waals surface area contributed by atoms with Crippen LogP contribution in [0.5, 0.6) is 0 Å². The molecule has 0 radical (unpaired) electrons. The number of aliphatic carboxylic acids is 1. The number of amides is 1. The van der Waals surface area contributed by atoms with E-state index in [9.17, 15) is 9.59 Å². The van der Waals surface area contributed by atoms with Crippen LogP contribution in [0.4, 0.5) is 0 Å². The number of carboxylic acid groups (broad SMARTS) is 1. The highest BCUT2D eigenvalue weighted by Gasteiger charge is 2.35. The molecule has 15 heavy (non-hydrogen) atoms. The Morgan fingerprint density at radius 2 is 2.13 bits per heavy atom. The average Bonchev–Trinajstić information content (AvgIpc) is 2.88. The lowest BCUT2D eigenvalue weighted by Crippen LogP contribution is -2.37. The third-order valence-electron chi connectivity index (χ3n) is 3.05. The van der Waals surface area contributed by atoms with Gasteiger partial charge in [-0.05, 0) is 19.3 Å². The van der Waals surface area contributed by atoms with Crippen LogP contribution in [0, 0.1) is 5.92 Å². The Bertz CT molecular complexity index is 273. The van der Waals surface area contributed by atoms with E-state index in [1.54, 1.807) is 4.90 Å². The van der Waals surface area contributed by atoms with E-state index in [0.29, 0.717) is 26.1 Å². The second-order valence-electron chi connectivity index (χ2n) is 4.11. The van der Waals surface area contributed by atoms with E-state index in [0.717, 1.165) is 12.8 Å². The number of carbonyl (C=O) groups is 2. The zero-order valence-corrected chi connectivity index (χ0v) is 8.52. The average molecular weight is 213 g/mol. The molecule has 1 amide bonds. The van der Waals surface area contributed by atoms with E-state index in [2.05, 4.69) is 0 Å². The van der Waals surface area contributed by atoms with Gasteiger partial charge in [0.25, 0.3) is 5.91 Å². The summed E-state index contributed by atoms with van der Waals surface area (Å²) in [4.78, 5) is 24.2. The van der Waals surface area contributed by atoms with Crippen LogP contribution in [0.15, 0.2) is 0 Å². The minimum Gasteiger partial charge on any atom is -0.481 e. The standard InChI is InChI=1S/C10H15NO4/c12-9(8-2-1-5-15-8)11-4-3-7(6-11)10(13)14/h7-8H,1-6H2,(H,13,14)/t7?,8-/m0/s1. The van der Waals surface area contributed by atoms with Crippen molar-refractivity contribution in [2.45, 2.75) is 25.4 Å². The topological polar surface area (TPSA) is 66.8 Å². The molecule has 2 saturated heterocycles. The molecule has 0 aromatic carbocycles. The molecule has 2 aliphatic heterocycles. The van der Waals surface area contributed by atoms with Gasteiger partial charge in [-0.2, -0.15) is 0 Å². The van der Waals surface area contributed by atoms with Gasteiger partial charge in [0.05, 0.1) is 5.92 Å². The van der Waals surface area contributed by atoms with Gasteiger partial charge in [-0.3, -0.25) is 9.59 Å². The van der Waals surface area contributed by atoms with Crippen molar-refractivity contribution >= 4 is 11.9 Å². The summed E-state index contributed by atoms with van der Waals surface area (Å²) >= 11 is 0. The zero-order valence-electron chi connectivity index (χ0n) is 8.52. The van der Waals surface area contributed by atoms with E-state index in [1.165, 1.54) is 0 Å². The molecular weight excluding hydrogens is 198 g/mol. The van der Waals surface area contributed by atoms with Crippen LogP contribution in [-0.4, -0.2) is 47.7 Å². The highest BCUT2D eigenvalue weighted by atomic mass is 16.5. The van der Waals surface area contributed by atoms with Gasteiger partial charge in [-0.15, -0.1) is 0 Å². The van der Waals surface area contributed by atoms with Crippen molar-refractivity contribution in [1.82, 2.24) is 4.90 Å². The first kappa shape index (κ1) is 10.4. The first-order chi connectivity index (χ1) is 7.18. The van der Waals surface area contributed by atoms with Crippen LogP contribution in [0.25, 0.3) is 0 Å². The summed E-state index contributed by atoms with van der Waals surface area (Å²) in [5.41, 5.74) is 0. The Labute approximate surface area is 88.0 Å². The molecular formula is C10H15NO4. The molecule has 0 aromatic rings. The van der Waals surface area contributed by atoms with E-state index >= 15 is 0 Å². The molecule has 2 heterocycles. The van der Waals surface area contributed by atoms with E-state index in [-0.39, 0.29) is 12.0 Å². The summed E-state index contributed by atoms with van der Waals surface area (Å²) in [6, 6.07) is 0. The molecule has 0 aromatic heterocycles. The number of nitrogens with zero attached hydrogens (tertiary/aromatic N) is 1. The monoisotopic (exact) mass is 213 g/mol. The smallest absolute Gasteiger partial charge is 0.308 e. The molecule has 0 spiro atoms. The Morgan fingerprint density at radius 3 is 2.67 bits per heavy atom. The maximum atomic E-state index is 11.8. The molecule has 0 saturated carbocycles. The summed E-state index contributed by atoms with van der Waals surface area (Å²) in [5, 5.41) is 8.81. The molecule has 2 aliphatic rings. The third-order valence-corrected chi connectivity index (χ3v) is 3.05. The van der Waals surface area contributed by atoms with Crippen LogP contribution < -0.4 is 0 Å². The van der Waals surface area contributed by atoms with Crippen molar-refractivity contribution in [3.05, 3.63) is 0 Å². The minimum atomic E-state index is -0.808. The van der Waals surface area contributed by atoms with E-state index < -0.39 is 11.9 Å². The third kappa shape index (κ3) is 2.12. The van der Waals surface area contributed by atoms with Crippen molar-refractivity contribution < 1.29 is 19.4 Å². The van der Waals surface area contributed by atoms with Crippen molar-refractivity contribution in [2.75, 3.05) is 19.7 Å². The van der Waals surface area contributed by atoms with Crippen molar-refractivity contribution in [1.29, 1.82) is 0 Å². The SMILES string of the molecule is O=C(O)C1CCN(C(=O)[C@@H]2CCCO2)C1. The number of hydrogen-bond acceptors (Lipinski definition) is 3. The first-order valence-electron chi connectivity index (χ1n) is 5.31. The zero-order chi connectivity index (χ0) is 10.8. The second kappa shape index (κ2) is 4.18. The molecule has 1 unspecified atom stereocenters. The summed E-state index contributed by atoms with van der Waals surface area (Å²) in [6.45, 7) is 1.54. The predicted octanol–water partition coefficient (Wildman–Crippen LogP) is 0.0985. The number of ether oxygens (including phenoxy) is 1. The van der Waals surface area contributed by atoms with Crippen LogP contribution in [0.1, 0.15) is 19.3 Å². The number of hydrogen-bond donors (Lipinski definition) is 1. The molecule has 5 nitrogen and oxygen atoms in total. The van der Waals surface area contributed by atoms with Crippen molar-refractivity contribution in [3.63, 3.8) is 0 Å². The number of carbonyl (C=O) groups excluding carboxylic acids is 1. The maximum absolute atomic E-state index is 11.8. The van der Waals surface area contributed by atoms with E-state index in [4.69, 9.17) is 9.84 Å². The van der Waals surface area contributed by atoms with Gasteiger partial charge < -0.3 is 14.7 Å². The molecule has 1 N–H and O–H groups in total. The summed E-state index contributed by atoms with van der Waals surface area (Å²) in [6.07, 6.45) is 1.94. The summed E-state index contributed by atoms with van der Waals surface area (Å²) in [7, 11) is 0. The highest BCUT2D eigenvalue weighted by Crippen LogP contribution is 2.21. The van der Waals surface area contributed by atoms with Crippen molar-refractivity contribution in [3.8, 4) is 0 Å². The van der Waals surface area contributed by atoms with Crippen LogP contribution >= 0.6 is 0 Å². The van der Waals surface area contributed by atoms with Gasteiger partial charge in [0, 0.05) is 19.7 Å². The highest BCUT2D eigenvalue weighted by molar-refractivity contribution is 5.82. The van der Waals surface area contributed by atoms with Gasteiger partial charge in [0.15, 0.2) is 0 Å². The molecule has 5 heteroatoms. The minimum absolute atomic E-state index is 0.0312. The fraction of sp³-hybridized carbons (Fsp3) is 0.800. The quantitative estimate of drug-likeness (QED) is 0.706. The lowest BCUT2D eigenvalue weighted by atomic mass is 10.1. The van der Waals surface area contributed by atoms with Crippen LogP contribution in [0.2, 0.25) is 0 Å². The first-order valence-corrected chi connectivity index (χ1v) is 5.31. The lowest BCUT2D eigenvalue weighted by Gasteiger charge is -2.19. The van der Waals surface area contributed by atoms with Crippen molar-refractivity contribution in [2.24, 2.45) is 5.92 Å². The van der Waals surface area contributed by atoms with Gasteiger partial charge in [-0.25, -0.2) is 0 Å². The fourth-order valence-electron chi connectivity index (χ4n) is 2.14. The molecule has 0 bridgehead atoms. The number of likely N-dealkylation sites (tertiary alicyclic amines) is 1. The van der Waals surface area contributed by atoms with Crippen LogP contribution in [-0.2, 0) is 14.3 Å². The molecule has 0 aliphatic carbocycles. The molecule has 2 atom stereocenters. The molecule has 84 valence electrons. The van der Waals surface area contributed by atoms with Gasteiger partial charge in [-0.1, -0.05) is 0 Å². The Hall–Kier alpha value is -1.10. The van der Waals surface area contributed by atoms with Gasteiger partial charge >= 0.3 is 5.97 Å². The Morgan fingerprint density at radius 1 is 1.33 bits per heavy atom. The molecule has 2 fully saturated rings. The number of rotatable bonds is 2. The normalized spacial score (nSPS) is 30.8. The maximum Gasteiger partial charge on any atom is 0.308 e. The van der Waals surface area contributed by atoms with E-state index in [1.807, 2.05) is 0 Å². The Kier molecular flexibility index (Phi) is 2.90. The summed E-state index contributed by atoms with van der Waals surface area (Å²) in [5.74, 6) is -1.23. The molecule has 2 rings (SSSR count). The number of carboxylic acids is 1.